The van der Waals surface area contributed by atoms with Crippen LogP contribution < -0.4 is 5.32 Å². The van der Waals surface area contributed by atoms with Crippen molar-refractivity contribution in [1.82, 2.24) is 15.3 Å². The summed E-state index contributed by atoms with van der Waals surface area (Å²) in [6.45, 7) is 3.03. The number of aromatic nitrogens is 2. The Bertz CT molecular complexity index is 517. The van der Waals surface area contributed by atoms with Gasteiger partial charge in [0, 0.05) is 41.6 Å². The summed E-state index contributed by atoms with van der Waals surface area (Å²) in [6.07, 6.45) is 8.35. The van der Waals surface area contributed by atoms with Crippen LogP contribution in [-0.2, 0) is 6.54 Å². The standard InChI is InChI=1S/C13H15N3S/c1-9-6-14-5-4-12(9)13-16-8-11(17-13)7-15-10-2-3-10/h4-6,8,10,15H,2-3,7H2,1H3. The quantitative estimate of drug-likeness (QED) is 0.900. The van der Waals surface area contributed by atoms with Gasteiger partial charge in [0.25, 0.3) is 0 Å². The number of thiazole rings is 1. The van der Waals surface area contributed by atoms with Crippen molar-refractivity contribution in [3.63, 3.8) is 0 Å². The van der Waals surface area contributed by atoms with Gasteiger partial charge in [-0.15, -0.1) is 11.3 Å². The normalized spacial score (nSPS) is 15.1. The number of aryl methyl sites for hydroxylation is 1. The predicted molar refractivity (Wildman–Crippen MR) is 69.9 cm³/mol. The Morgan fingerprint density at radius 1 is 1.41 bits per heavy atom. The molecule has 88 valence electrons. The van der Waals surface area contributed by atoms with Crippen LogP contribution in [0.1, 0.15) is 23.3 Å². The second-order valence-electron chi connectivity index (χ2n) is 4.48. The summed E-state index contributed by atoms with van der Waals surface area (Å²) in [5.74, 6) is 0. The highest BCUT2D eigenvalue weighted by Crippen LogP contribution is 2.28. The molecule has 0 aromatic carbocycles. The molecular formula is C13H15N3S. The zero-order valence-electron chi connectivity index (χ0n) is 9.81. The van der Waals surface area contributed by atoms with E-state index in [2.05, 4.69) is 22.2 Å². The van der Waals surface area contributed by atoms with Gasteiger partial charge in [-0.3, -0.25) is 4.98 Å². The topological polar surface area (TPSA) is 37.8 Å². The second-order valence-corrected chi connectivity index (χ2v) is 5.59. The highest BCUT2D eigenvalue weighted by Gasteiger charge is 2.20. The molecule has 1 aliphatic carbocycles. The lowest BCUT2D eigenvalue weighted by atomic mass is 10.2. The average molecular weight is 245 g/mol. The molecule has 0 radical (unpaired) electrons. The van der Waals surface area contributed by atoms with Gasteiger partial charge in [-0.05, 0) is 31.4 Å². The fourth-order valence-electron chi connectivity index (χ4n) is 1.76. The molecule has 0 spiro atoms. The number of rotatable bonds is 4. The first kappa shape index (κ1) is 10.9. The molecule has 4 heteroatoms. The monoisotopic (exact) mass is 245 g/mol. The third-order valence-electron chi connectivity index (χ3n) is 2.95. The fourth-order valence-corrected chi connectivity index (χ4v) is 2.71. The largest absolute Gasteiger partial charge is 0.309 e. The third-order valence-corrected chi connectivity index (χ3v) is 3.98. The molecule has 3 nitrogen and oxygen atoms in total. The maximum atomic E-state index is 4.50. The van der Waals surface area contributed by atoms with E-state index >= 15 is 0 Å². The summed E-state index contributed by atoms with van der Waals surface area (Å²) < 4.78 is 0. The zero-order valence-corrected chi connectivity index (χ0v) is 10.6. The average Bonchev–Trinajstić information content (AvgIpc) is 3.06. The SMILES string of the molecule is Cc1cnccc1-c1ncc(CNC2CC2)s1. The summed E-state index contributed by atoms with van der Waals surface area (Å²) >= 11 is 1.77. The van der Waals surface area contributed by atoms with E-state index in [0.29, 0.717) is 0 Å². The van der Waals surface area contributed by atoms with E-state index in [9.17, 15) is 0 Å². The summed E-state index contributed by atoms with van der Waals surface area (Å²) in [4.78, 5) is 9.91. The van der Waals surface area contributed by atoms with Crippen molar-refractivity contribution in [2.75, 3.05) is 0 Å². The van der Waals surface area contributed by atoms with Crippen molar-refractivity contribution in [2.24, 2.45) is 0 Å². The van der Waals surface area contributed by atoms with E-state index in [4.69, 9.17) is 0 Å². The summed E-state index contributed by atoms with van der Waals surface area (Å²) in [7, 11) is 0. The molecule has 0 aliphatic heterocycles. The van der Waals surface area contributed by atoms with Crippen LogP contribution in [0.25, 0.3) is 10.6 Å². The minimum atomic E-state index is 0.753. The van der Waals surface area contributed by atoms with Crippen LogP contribution in [0.15, 0.2) is 24.7 Å². The fraction of sp³-hybridized carbons (Fsp3) is 0.385. The van der Waals surface area contributed by atoms with Crippen molar-refractivity contribution in [2.45, 2.75) is 32.4 Å². The molecule has 1 aliphatic rings. The third kappa shape index (κ3) is 2.53. The van der Waals surface area contributed by atoms with Gasteiger partial charge in [0.15, 0.2) is 0 Å². The number of pyridine rings is 1. The van der Waals surface area contributed by atoms with E-state index in [-0.39, 0.29) is 0 Å². The molecule has 1 N–H and O–H groups in total. The molecule has 0 bridgehead atoms. The summed E-state index contributed by atoms with van der Waals surface area (Å²) in [5.41, 5.74) is 2.38. The van der Waals surface area contributed by atoms with Gasteiger partial charge in [-0.1, -0.05) is 0 Å². The number of nitrogens with zero attached hydrogens (tertiary/aromatic N) is 2. The number of nitrogens with one attached hydrogen (secondary N) is 1. The number of hydrogen-bond donors (Lipinski definition) is 1. The molecule has 1 fully saturated rings. The van der Waals surface area contributed by atoms with Gasteiger partial charge >= 0.3 is 0 Å². The molecule has 17 heavy (non-hydrogen) atoms. The van der Waals surface area contributed by atoms with Crippen LogP contribution in [-0.4, -0.2) is 16.0 Å². The van der Waals surface area contributed by atoms with Crippen LogP contribution in [0.3, 0.4) is 0 Å². The van der Waals surface area contributed by atoms with Crippen LogP contribution in [0.5, 0.6) is 0 Å². The molecule has 3 rings (SSSR count). The highest BCUT2D eigenvalue weighted by atomic mass is 32.1. The van der Waals surface area contributed by atoms with Gasteiger partial charge in [0.05, 0.1) is 0 Å². The second kappa shape index (κ2) is 4.55. The van der Waals surface area contributed by atoms with Crippen molar-refractivity contribution in [3.05, 3.63) is 35.1 Å². The lowest BCUT2D eigenvalue weighted by Gasteiger charge is -2.00. The molecule has 0 unspecified atom stereocenters. The minimum absolute atomic E-state index is 0.753. The van der Waals surface area contributed by atoms with E-state index in [1.807, 2.05) is 24.7 Å². The molecule has 2 aromatic rings. The Labute approximate surface area is 105 Å². The van der Waals surface area contributed by atoms with E-state index in [1.165, 1.54) is 28.8 Å². The van der Waals surface area contributed by atoms with Gasteiger partial charge in [0.2, 0.25) is 0 Å². The van der Waals surface area contributed by atoms with Crippen molar-refractivity contribution >= 4 is 11.3 Å². The lowest BCUT2D eigenvalue weighted by molar-refractivity contribution is 0.694. The maximum absolute atomic E-state index is 4.50. The summed E-state index contributed by atoms with van der Waals surface area (Å²) in [6, 6.07) is 2.79. The molecule has 0 atom stereocenters. The van der Waals surface area contributed by atoms with Crippen LogP contribution in [0.2, 0.25) is 0 Å². The molecule has 2 heterocycles. The Balaban J connectivity index is 1.77. The molecular weight excluding hydrogens is 230 g/mol. The van der Waals surface area contributed by atoms with Crippen molar-refractivity contribution in [3.8, 4) is 10.6 Å². The van der Waals surface area contributed by atoms with E-state index < -0.39 is 0 Å². The van der Waals surface area contributed by atoms with E-state index in [1.54, 1.807) is 11.3 Å². The highest BCUT2D eigenvalue weighted by molar-refractivity contribution is 7.15. The first-order chi connectivity index (χ1) is 8.33. The Morgan fingerprint density at radius 3 is 3.06 bits per heavy atom. The number of hydrogen-bond acceptors (Lipinski definition) is 4. The van der Waals surface area contributed by atoms with Crippen molar-refractivity contribution in [1.29, 1.82) is 0 Å². The van der Waals surface area contributed by atoms with Gasteiger partial charge in [-0.2, -0.15) is 0 Å². The van der Waals surface area contributed by atoms with E-state index in [0.717, 1.165) is 17.6 Å². The predicted octanol–water partition coefficient (Wildman–Crippen LogP) is 2.77. The molecule has 0 amide bonds. The first-order valence-corrected chi connectivity index (χ1v) is 6.73. The maximum Gasteiger partial charge on any atom is 0.123 e. The van der Waals surface area contributed by atoms with Gasteiger partial charge in [-0.25, -0.2) is 4.98 Å². The molecule has 1 saturated carbocycles. The Hall–Kier alpha value is -1.26. The molecule has 0 saturated heterocycles. The zero-order chi connectivity index (χ0) is 11.7. The first-order valence-electron chi connectivity index (χ1n) is 5.92. The van der Waals surface area contributed by atoms with Crippen LogP contribution in [0, 0.1) is 6.92 Å². The summed E-state index contributed by atoms with van der Waals surface area (Å²) in [5, 5.41) is 4.61. The lowest BCUT2D eigenvalue weighted by Crippen LogP contribution is -2.14. The van der Waals surface area contributed by atoms with Crippen LogP contribution in [0.4, 0.5) is 0 Å². The molecule has 2 aromatic heterocycles. The minimum Gasteiger partial charge on any atom is -0.309 e. The smallest absolute Gasteiger partial charge is 0.123 e. The van der Waals surface area contributed by atoms with Gasteiger partial charge < -0.3 is 5.32 Å². The van der Waals surface area contributed by atoms with Crippen LogP contribution >= 0.6 is 11.3 Å². The Kier molecular flexibility index (Phi) is 2.91. The van der Waals surface area contributed by atoms with Crippen molar-refractivity contribution < 1.29 is 0 Å². The Morgan fingerprint density at radius 2 is 2.29 bits per heavy atom. The van der Waals surface area contributed by atoms with Gasteiger partial charge in [0.1, 0.15) is 5.01 Å².